The zero-order valence-corrected chi connectivity index (χ0v) is 19.7. The second-order valence-corrected chi connectivity index (χ2v) is 9.72. The van der Waals surface area contributed by atoms with Crippen LogP contribution in [0, 0.1) is 5.92 Å². The highest BCUT2D eigenvalue weighted by Crippen LogP contribution is 2.26. The minimum Gasteiger partial charge on any atom is -0.476 e. The van der Waals surface area contributed by atoms with E-state index in [1.165, 1.54) is 12.1 Å². The Bertz CT molecular complexity index is 1320. The minimum atomic E-state index is -3.79. The smallest absolute Gasteiger partial charge is 0.261 e. The Morgan fingerprint density at radius 1 is 0.824 bits per heavy atom. The molecule has 34 heavy (non-hydrogen) atoms. The van der Waals surface area contributed by atoms with Crippen LogP contribution in [0.3, 0.4) is 0 Å². The van der Waals surface area contributed by atoms with E-state index in [-0.39, 0.29) is 4.90 Å². The molecule has 7 nitrogen and oxygen atoms in total. The third-order valence-corrected chi connectivity index (χ3v) is 6.13. The molecule has 0 aliphatic heterocycles. The monoisotopic (exact) mass is 475 g/mol. The molecule has 0 aliphatic carbocycles. The van der Waals surface area contributed by atoms with Gasteiger partial charge >= 0.3 is 0 Å². The Kier molecular flexibility index (Phi) is 7.08. The van der Waals surface area contributed by atoms with Crippen molar-refractivity contribution >= 4 is 15.7 Å². The molecular weight excluding hydrogens is 450 g/mol. The van der Waals surface area contributed by atoms with E-state index in [0.717, 1.165) is 5.56 Å². The average Bonchev–Trinajstić information content (AvgIpc) is 2.84. The Morgan fingerprint density at radius 3 is 2.24 bits per heavy atom. The van der Waals surface area contributed by atoms with Gasteiger partial charge < -0.3 is 9.47 Å². The largest absolute Gasteiger partial charge is 0.476 e. The van der Waals surface area contributed by atoms with Gasteiger partial charge in [0, 0.05) is 17.3 Å². The molecule has 174 valence electrons. The Balaban J connectivity index is 1.45. The third-order valence-electron chi connectivity index (χ3n) is 4.73. The number of nitrogens with one attached hydrogen (secondary N) is 1. The van der Waals surface area contributed by atoms with Crippen LogP contribution >= 0.6 is 0 Å². The molecule has 8 heteroatoms. The Hall–Kier alpha value is -3.91. The van der Waals surface area contributed by atoms with Crippen molar-refractivity contribution in [3.05, 3.63) is 91.0 Å². The summed E-state index contributed by atoms with van der Waals surface area (Å²) in [5, 5.41) is 8.29. The quantitative estimate of drug-likeness (QED) is 0.330. The second kappa shape index (κ2) is 10.4. The second-order valence-electron chi connectivity index (χ2n) is 8.03. The first-order valence-electron chi connectivity index (χ1n) is 10.8. The summed E-state index contributed by atoms with van der Waals surface area (Å²) < 4.78 is 39.7. The van der Waals surface area contributed by atoms with E-state index < -0.39 is 10.0 Å². The summed E-state index contributed by atoms with van der Waals surface area (Å²) in [5.41, 5.74) is 1.76. The summed E-state index contributed by atoms with van der Waals surface area (Å²) in [5.74, 6) is 2.06. The number of aromatic nitrogens is 2. The molecule has 0 aliphatic rings. The van der Waals surface area contributed by atoms with Crippen molar-refractivity contribution in [1.82, 2.24) is 10.2 Å². The van der Waals surface area contributed by atoms with Crippen LogP contribution in [0.5, 0.6) is 17.4 Å². The summed E-state index contributed by atoms with van der Waals surface area (Å²) in [4.78, 5) is 0.129. The molecule has 0 bridgehead atoms. The molecule has 4 aromatic rings. The lowest BCUT2D eigenvalue weighted by atomic mass is 10.1. The molecule has 0 fully saturated rings. The maximum absolute atomic E-state index is 12.9. The van der Waals surface area contributed by atoms with Gasteiger partial charge in [-0.3, -0.25) is 4.72 Å². The predicted octanol–water partition coefficient (Wildman–Crippen LogP) is 5.77. The Morgan fingerprint density at radius 2 is 1.56 bits per heavy atom. The van der Waals surface area contributed by atoms with Gasteiger partial charge in [0.2, 0.25) is 5.88 Å². The summed E-state index contributed by atoms with van der Waals surface area (Å²) in [6, 6.07) is 26.1. The number of para-hydroxylation sites is 1. The lowest BCUT2D eigenvalue weighted by molar-refractivity contribution is 0.258. The van der Waals surface area contributed by atoms with Crippen molar-refractivity contribution in [2.75, 3.05) is 11.3 Å². The molecule has 0 amide bonds. The van der Waals surface area contributed by atoms with Crippen LogP contribution in [-0.2, 0) is 10.0 Å². The molecular formula is C26H25N3O4S. The SMILES string of the molecule is CC(C)COc1ccc(-c2cccc(NS(=O)(=O)c3ccc(Oc4ccccc4)cc3)c2)nn1. The first-order valence-corrected chi connectivity index (χ1v) is 12.3. The topological polar surface area (TPSA) is 90.4 Å². The standard InChI is InChI=1S/C26H25N3O4S/c1-19(2)18-32-26-16-15-25(27-28-26)20-7-6-8-21(17-20)29-34(30,31)24-13-11-23(12-14-24)33-22-9-4-3-5-10-22/h3-17,19,29H,18H2,1-2H3. The van der Waals surface area contributed by atoms with Crippen LogP contribution < -0.4 is 14.2 Å². The van der Waals surface area contributed by atoms with Gasteiger partial charge in [-0.15, -0.1) is 10.2 Å². The van der Waals surface area contributed by atoms with Gasteiger partial charge in [0.1, 0.15) is 11.5 Å². The van der Waals surface area contributed by atoms with E-state index >= 15 is 0 Å². The lowest BCUT2D eigenvalue weighted by Crippen LogP contribution is -2.12. The molecule has 0 atom stereocenters. The van der Waals surface area contributed by atoms with Crippen molar-refractivity contribution < 1.29 is 17.9 Å². The molecule has 4 rings (SSSR count). The highest BCUT2D eigenvalue weighted by atomic mass is 32.2. The van der Waals surface area contributed by atoms with E-state index in [0.29, 0.717) is 41.3 Å². The number of sulfonamides is 1. The number of ether oxygens (including phenoxy) is 2. The van der Waals surface area contributed by atoms with Gasteiger partial charge in [0.15, 0.2) is 0 Å². The van der Waals surface area contributed by atoms with Gasteiger partial charge in [-0.2, -0.15) is 0 Å². The number of benzene rings is 3. The van der Waals surface area contributed by atoms with Gasteiger partial charge in [0.25, 0.3) is 10.0 Å². The minimum absolute atomic E-state index is 0.129. The van der Waals surface area contributed by atoms with Crippen LogP contribution in [0.1, 0.15) is 13.8 Å². The third kappa shape index (κ3) is 6.11. The average molecular weight is 476 g/mol. The van der Waals surface area contributed by atoms with E-state index in [2.05, 4.69) is 28.8 Å². The fourth-order valence-corrected chi connectivity index (χ4v) is 4.12. The lowest BCUT2D eigenvalue weighted by Gasteiger charge is -2.11. The van der Waals surface area contributed by atoms with Gasteiger partial charge in [0.05, 0.1) is 17.2 Å². The summed E-state index contributed by atoms with van der Waals surface area (Å²) in [6.07, 6.45) is 0. The van der Waals surface area contributed by atoms with Crippen LogP contribution in [0.2, 0.25) is 0 Å². The first-order chi connectivity index (χ1) is 16.4. The molecule has 3 aromatic carbocycles. The fourth-order valence-electron chi connectivity index (χ4n) is 3.07. The maximum atomic E-state index is 12.9. The van der Waals surface area contributed by atoms with Crippen LogP contribution in [-0.4, -0.2) is 25.2 Å². The molecule has 0 saturated heterocycles. The van der Waals surface area contributed by atoms with Crippen molar-refractivity contribution in [2.45, 2.75) is 18.7 Å². The summed E-state index contributed by atoms with van der Waals surface area (Å²) in [6.45, 7) is 4.67. The Labute approximate surface area is 199 Å². The zero-order valence-electron chi connectivity index (χ0n) is 18.9. The van der Waals surface area contributed by atoms with E-state index in [1.54, 1.807) is 42.5 Å². The van der Waals surface area contributed by atoms with Crippen molar-refractivity contribution in [2.24, 2.45) is 5.92 Å². The number of hydrogen-bond donors (Lipinski definition) is 1. The highest BCUT2D eigenvalue weighted by Gasteiger charge is 2.15. The van der Waals surface area contributed by atoms with E-state index in [4.69, 9.17) is 9.47 Å². The molecule has 1 heterocycles. The van der Waals surface area contributed by atoms with Crippen molar-refractivity contribution in [3.8, 4) is 28.6 Å². The molecule has 0 unspecified atom stereocenters. The van der Waals surface area contributed by atoms with Crippen LogP contribution in [0.25, 0.3) is 11.3 Å². The van der Waals surface area contributed by atoms with Crippen LogP contribution in [0.4, 0.5) is 5.69 Å². The van der Waals surface area contributed by atoms with Crippen molar-refractivity contribution in [1.29, 1.82) is 0 Å². The number of nitrogens with zero attached hydrogens (tertiary/aromatic N) is 2. The van der Waals surface area contributed by atoms with Gasteiger partial charge in [-0.25, -0.2) is 8.42 Å². The van der Waals surface area contributed by atoms with Gasteiger partial charge in [-0.05, 0) is 60.5 Å². The predicted molar refractivity (Wildman–Crippen MR) is 132 cm³/mol. The van der Waals surface area contributed by atoms with E-state index in [1.807, 2.05) is 36.4 Å². The number of anilines is 1. The van der Waals surface area contributed by atoms with Crippen molar-refractivity contribution in [3.63, 3.8) is 0 Å². The molecule has 0 saturated carbocycles. The zero-order chi connectivity index (χ0) is 24.0. The van der Waals surface area contributed by atoms with Gasteiger partial charge in [-0.1, -0.05) is 44.2 Å². The maximum Gasteiger partial charge on any atom is 0.261 e. The van der Waals surface area contributed by atoms with Crippen LogP contribution in [0.15, 0.2) is 95.9 Å². The molecule has 0 spiro atoms. The normalized spacial score (nSPS) is 11.3. The number of rotatable bonds is 9. The molecule has 0 radical (unpaired) electrons. The summed E-state index contributed by atoms with van der Waals surface area (Å²) in [7, 11) is -3.79. The molecule has 1 aromatic heterocycles. The first kappa shape index (κ1) is 23.3. The summed E-state index contributed by atoms with van der Waals surface area (Å²) >= 11 is 0. The number of hydrogen-bond acceptors (Lipinski definition) is 6. The molecule has 1 N–H and O–H groups in total. The highest BCUT2D eigenvalue weighted by molar-refractivity contribution is 7.92. The van der Waals surface area contributed by atoms with E-state index in [9.17, 15) is 8.42 Å². The fraction of sp³-hybridized carbons (Fsp3) is 0.154.